The highest BCUT2D eigenvalue weighted by Gasteiger charge is 2.31. The van der Waals surface area contributed by atoms with Crippen molar-refractivity contribution in [1.29, 1.82) is 0 Å². The lowest BCUT2D eigenvalue weighted by molar-refractivity contribution is -0.137. The van der Waals surface area contributed by atoms with Crippen molar-refractivity contribution < 1.29 is 18.3 Å². The molecule has 1 aromatic carbocycles. The van der Waals surface area contributed by atoms with Crippen molar-refractivity contribution in [2.45, 2.75) is 44.0 Å². The summed E-state index contributed by atoms with van der Waals surface area (Å²) in [6, 6.07) is 2.92. The molecular formula is C13H15ClF3NO. The molecule has 106 valence electrons. The Morgan fingerprint density at radius 3 is 2.53 bits per heavy atom. The number of hydrogen-bond acceptors (Lipinski definition) is 2. The molecule has 1 aromatic rings. The zero-order chi connectivity index (χ0) is 14.0. The van der Waals surface area contributed by atoms with Crippen LogP contribution in [0.5, 0.6) is 0 Å². The van der Waals surface area contributed by atoms with Gasteiger partial charge in [-0.3, -0.25) is 0 Å². The molecule has 2 rings (SSSR count). The number of hydrogen-bond donors (Lipinski definition) is 2. The number of rotatable bonds is 2. The zero-order valence-electron chi connectivity index (χ0n) is 10.2. The van der Waals surface area contributed by atoms with Crippen molar-refractivity contribution in [3.05, 3.63) is 28.8 Å². The minimum absolute atomic E-state index is 0.224. The van der Waals surface area contributed by atoms with Crippen LogP contribution in [0.25, 0.3) is 0 Å². The van der Waals surface area contributed by atoms with Gasteiger partial charge in [0.2, 0.25) is 0 Å². The number of aliphatic hydroxyl groups is 1. The number of nitrogens with one attached hydrogen (secondary N) is 1. The van der Waals surface area contributed by atoms with Gasteiger partial charge in [-0.25, -0.2) is 0 Å². The van der Waals surface area contributed by atoms with Crippen molar-refractivity contribution in [2.24, 2.45) is 0 Å². The smallest absolute Gasteiger partial charge is 0.391 e. The van der Waals surface area contributed by atoms with Crippen molar-refractivity contribution in [2.75, 3.05) is 5.32 Å². The molecule has 0 heterocycles. The summed E-state index contributed by atoms with van der Waals surface area (Å²) >= 11 is 5.90. The van der Waals surface area contributed by atoms with Crippen molar-refractivity contribution in [1.82, 2.24) is 0 Å². The molecule has 0 amide bonds. The Morgan fingerprint density at radius 2 is 1.89 bits per heavy atom. The van der Waals surface area contributed by atoms with Gasteiger partial charge in [-0.05, 0) is 31.0 Å². The van der Waals surface area contributed by atoms with Crippen LogP contribution in [0.3, 0.4) is 0 Å². The Hall–Kier alpha value is -0.940. The van der Waals surface area contributed by atoms with Gasteiger partial charge in [-0.2, -0.15) is 13.2 Å². The van der Waals surface area contributed by atoms with Gasteiger partial charge in [0.05, 0.1) is 28.4 Å². The summed E-state index contributed by atoms with van der Waals surface area (Å²) in [5.74, 6) is 0. The molecule has 0 aliphatic heterocycles. The highest BCUT2D eigenvalue weighted by atomic mass is 35.5. The van der Waals surface area contributed by atoms with E-state index in [1.165, 1.54) is 6.07 Å². The second kappa shape index (κ2) is 5.59. The van der Waals surface area contributed by atoms with Crippen molar-refractivity contribution in [3.63, 3.8) is 0 Å². The van der Waals surface area contributed by atoms with Gasteiger partial charge < -0.3 is 10.4 Å². The van der Waals surface area contributed by atoms with Gasteiger partial charge in [0.25, 0.3) is 0 Å². The van der Waals surface area contributed by atoms with E-state index in [1.54, 1.807) is 0 Å². The second-order valence-electron chi connectivity index (χ2n) is 4.80. The van der Waals surface area contributed by atoms with E-state index in [4.69, 9.17) is 11.6 Å². The predicted molar refractivity (Wildman–Crippen MR) is 68.3 cm³/mol. The number of benzene rings is 1. The molecule has 0 aromatic heterocycles. The first-order valence-electron chi connectivity index (χ1n) is 6.19. The average Bonchev–Trinajstić information content (AvgIpc) is 2.33. The Morgan fingerprint density at radius 1 is 1.21 bits per heavy atom. The molecule has 2 N–H and O–H groups in total. The van der Waals surface area contributed by atoms with Crippen LogP contribution >= 0.6 is 11.6 Å². The Labute approximate surface area is 114 Å². The summed E-state index contributed by atoms with van der Waals surface area (Å²) in [7, 11) is 0. The Kier molecular flexibility index (Phi) is 4.26. The highest BCUT2D eigenvalue weighted by molar-refractivity contribution is 6.33. The molecule has 1 saturated carbocycles. The summed E-state index contributed by atoms with van der Waals surface area (Å²) < 4.78 is 37.9. The quantitative estimate of drug-likeness (QED) is 0.861. The summed E-state index contributed by atoms with van der Waals surface area (Å²) in [5, 5.41) is 13.0. The Bertz CT molecular complexity index is 450. The van der Waals surface area contributed by atoms with E-state index in [0.29, 0.717) is 6.42 Å². The molecule has 0 unspecified atom stereocenters. The lowest BCUT2D eigenvalue weighted by Gasteiger charge is -2.29. The minimum atomic E-state index is -4.40. The Balaban J connectivity index is 2.19. The molecule has 0 radical (unpaired) electrons. The van der Waals surface area contributed by atoms with Gasteiger partial charge in [-0.15, -0.1) is 0 Å². The van der Waals surface area contributed by atoms with Crippen LogP contribution in [0.15, 0.2) is 18.2 Å². The van der Waals surface area contributed by atoms with E-state index in [1.807, 2.05) is 0 Å². The molecule has 2 atom stereocenters. The van der Waals surface area contributed by atoms with Crippen LogP contribution in [0.1, 0.15) is 31.2 Å². The number of alkyl halides is 3. The SMILES string of the molecule is O[C@H]1CCCC[C@@H]1Nc1cc(C(F)(F)F)ccc1Cl. The number of anilines is 1. The minimum Gasteiger partial charge on any atom is -0.391 e. The fourth-order valence-corrected chi connectivity index (χ4v) is 2.46. The third-order valence-electron chi connectivity index (χ3n) is 3.36. The number of aliphatic hydroxyl groups excluding tert-OH is 1. The lowest BCUT2D eigenvalue weighted by Crippen LogP contribution is -2.36. The maximum Gasteiger partial charge on any atom is 0.416 e. The van der Waals surface area contributed by atoms with Crippen LogP contribution in [0, 0.1) is 0 Å². The van der Waals surface area contributed by atoms with Crippen molar-refractivity contribution >= 4 is 17.3 Å². The van der Waals surface area contributed by atoms with E-state index >= 15 is 0 Å². The van der Waals surface area contributed by atoms with Crippen LogP contribution in [-0.2, 0) is 6.18 Å². The second-order valence-corrected chi connectivity index (χ2v) is 5.20. The van der Waals surface area contributed by atoms with Crippen LogP contribution in [0.4, 0.5) is 18.9 Å². The normalized spacial score (nSPS) is 24.3. The predicted octanol–water partition coefficient (Wildman–Crippen LogP) is 4.07. The third kappa shape index (κ3) is 3.54. The van der Waals surface area contributed by atoms with Crippen LogP contribution in [0.2, 0.25) is 5.02 Å². The van der Waals surface area contributed by atoms with E-state index in [2.05, 4.69) is 5.32 Å². The third-order valence-corrected chi connectivity index (χ3v) is 3.69. The zero-order valence-corrected chi connectivity index (χ0v) is 10.9. The highest BCUT2D eigenvalue weighted by Crippen LogP contribution is 2.35. The van der Waals surface area contributed by atoms with Gasteiger partial charge >= 0.3 is 6.18 Å². The van der Waals surface area contributed by atoms with Gasteiger partial charge in [0, 0.05) is 0 Å². The van der Waals surface area contributed by atoms with Crippen LogP contribution < -0.4 is 5.32 Å². The molecule has 1 aliphatic rings. The standard InChI is InChI=1S/C13H15ClF3NO/c14-9-6-5-8(13(15,16)17)7-11(9)18-10-3-1-2-4-12(10)19/h5-7,10,12,18-19H,1-4H2/t10-,12-/m0/s1. The van der Waals surface area contributed by atoms with Crippen molar-refractivity contribution in [3.8, 4) is 0 Å². The first-order chi connectivity index (χ1) is 8.88. The fraction of sp³-hybridized carbons (Fsp3) is 0.538. The summed E-state index contributed by atoms with van der Waals surface area (Å²) in [4.78, 5) is 0. The van der Waals surface area contributed by atoms with E-state index in [9.17, 15) is 18.3 Å². The molecule has 1 fully saturated rings. The lowest BCUT2D eigenvalue weighted by atomic mass is 9.92. The first kappa shape index (κ1) is 14.5. The monoisotopic (exact) mass is 293 g/mol. The van der Waals surface area contributed by atoms with Crippen LogP contribution in [-0.4, -0.2) is 17.3 Å². The molecule has 2 nitrogen and oxygen atoms in total. The molecule has 0 bridgehead atoms. The van der Waals surface area contributed by atoms with E-state index in [-0.39, 0.29) is 16.8 Å². The summed E-state index contributed by atoms with van der Waals surface area (Å²) in [6.45, 7) is 0. The van der Waals surface area contributed by atoms with E-state index in [0.717, 1.165) is 31.4 Å². The maximum atomic E-state index is 12.6. The molecule has 0 saturated heterocycles. The van der Waals surface area contributed by atoms with Gasteiger partial charge in [0.15, 0.2) is 0 Å². The summed E-state index contributed by atoms with van der Waals surface area (Å²) in [6.07, 6.45) is -1.66. The molecular weight excluding hydrogens is 279 g/mol. The van der Waals surface area contributed by atoms with Gasteiger partial charge in [-0.1, -0.05) is 24.4 Å². The first-order valence-corrected chi connectivity index (χ1v) is 6.57. The maximum absolute atomic E-state index is 12.6. The summed E-state index contributed by atoms with van der Waals surface area (Å²) in [5.41, 5.74) is -0.521. The topological polar surface area (TPSA) is 32.3 Å². The van der Waals surface area contributed by atoms with Gasteiger partial charge in [0.1, 0.15) is 0 Å². The molecule has 0 spiro atoms. The molecule has 6 heteroatoms. The van der Waals surface area contributed by atoms with E-state index < -0.39 is 17.8 Å². The average molecular weight is 294 g/mol. The molecule has 19 heavy (non-hydrogen) atoms. The number of halogens is 4. The largest absolute Gasteiger partial charge is 0.416 e. The fourth-order valence-electron chi connectivity index (χ4n) is 2.29. The molecule has 1 aliphatic carbocycles.